The van der Waals surface area contributed by atoms with E-state index in [4.69, 9.17) is 5.11 Å². The third-order valence-electron chi connectivity index (χ3n) is 3.04. The maximum atomic E-state index is 11.7. The zero-order chi connectivity index (χ0) is 13.3. The fraction of sp³-hybridized carbons (Fsp3) is 0.308. The molecule has 1 atom stereocenters. The minimum Gasteiger partial charge on any atom is -0.481 e. The van der Waals surface area contributed by atoms with Gasteiger partial charge in [0.05, 0.1) is 5.92 Å². The van der Waals surface area contributed by atoms with Crippen LogP contribution >= 0.6 is 0 Å². The smallest absolute Gasteiger partial charge is 0.308 e. The molecule has 0 bridgehead atoms. The van der Waals surface area contributed by atoms with Crippen LogP contribution in [0.4, 0.5) is 5.69 Å². The highest BCUT2D eigenvalue weighted by Gasteiger charge is 2.35. The van der Waals surface area contributed by atoms with Gasteiger partial charge in [-0.2, -0.15) is 0 Å². The number of benzene rings is 1. The van der Waals surface area contributed by atoms with Crippen molar-refractivity contribution in [2.24, 2.45) is 5.92 Å². The number of rotatable bonds is 3. The lowest BCUT2D eigenvalue weighted by atomic mass is 10.1. The summed E-state index contributed by atoms with van der Waals surface area (Å²) in [7, 11) is 0. The Kier molecular flexibility index (Phi) is 3.14. The number of amides is 1. The van der Waals surface area contributed by atoms with Crippen molar-refractivity contribution in [3.63, 3.8) is 0 Å². The van der Waals surface area contributed by atoms with Crippen LogP contribution in [0, 0.1) is 5.92 Å². The molecule has 0 aromatic heterocycles. The Labute approximate surface area is 104 Å². The number of carboxylic acid groups (broad SMARTS) is 1. The number of nitrogens with zero attached hydrogens (tertiary/aromatic N) is 1. The van der Waals surface area contributed by atoms with E-state index in [2.05, 4.69) is 0 Å². The van der Waals surface area contributed by atoms with Gasteiger partial charge in [-0.3, -0.25) is 14.4 Å². The molecule has 5 heteroatoms. The molecule has 0 saturated carbocycles. The van der Waals surface area contributed by atoms with E-state index in [1.54, 1.807) is 24.3 Å². The largest absolute Gasteiger partial charge is 0.481 e. The Morgan fingerprint density at radius 3 is 2.67 bits per heavy atom. The molecule has 1 saturated heterocycles. The van der Waals surface area contributed by atoms with Crippen LogP contribution in [0.25, 0.3) is 0 Å². The second kappa shape index (κ2) is 4.60. The molecular weight excluding hydrogens is 234 g/mol. The molecule has 2 rings (SSSR count). The fourth-order valence-electron chi connectivity index (χ4n) is 2.02. The van der Waals surface area contributed by atoms with Gasteiger partial charge in [0, 0.05) is 24.2 Å². The standard InChI is InChI=1S/C13H13NO4/c1-8(15)9-3-2-4-11(5-9)14-7-10(13(17)18)6-12(14)16/h2-5,10H,6-7H2,1H3,(H,17,18). The lowest BCUT2D eigenvalue weighted by Crippen LogP contribution is -2.25. The number of carboxylic acids is 1. The second-order valence-corrected chi connectivity index (χ2v) is 4.35. The first-order valence-corrected chi connectivity index (χ1v) is 5.63. The Hall–Kier alpha value is -2.17. The molecule has 1 N–H and O–H groups in total. The molecule has 0 radical (unpaired) electrons. The van der Waals surface area contributed by atoms with Gasteiger partial charge in [-0.15, -0.1) is 0 Å². The summed E-state index contributed by atoms with van der Waals surface area (Å²) in [4.78, 5) is 35.3. The van der Waals surface area contributed by atoms with E-state index in [0.29, 0.717) is 11.3 Å². The average Bonchev–Trinajstić information content (AvgIpc) is 2.72. The van der Waals surface area contributed by atoms with Crippen molar-refractivity contribution >= 4 is 23.3 Å². The molecule has 1 unspecified atom stereocenters. The van der Waals surface area contributed by atoms with Gasteiger partial charge in [-0.25, -0.2) is 0 Å². The predicted molar refractivity (Wildman–Crippen MR) is 64.5 cm³/mol. The molecule has 1 aromatic carbocycles. The van der Waals surface area contributed by atoms with Gasteiger partial charge >= 0.3 is 5.97 Å². The molecule has 94 valence electrons. The Morgan fingerprint density at radius 1 is 1.39 bits per heavy atom. The SMILES string of the molecule is CC(=O)c1cccc(N2CC(C(=O)O)CC2=O)c1. The summed E-state index contributed by atoms with van der Waals surface area (Å²) in [5.74, 6) is -1.94. The van der Waals surface area contributed by atoms with Gasteiger partial charge in [-0.05, 0) is 19.1 Å². The molecule has 1 heterocycles. The minimum absolute atomic E-state index is 0.0135. The lowest BCUT2D eigenvalue weighted by molar-refractivity contribution is -0.141. The van der Waals surface area contributed by atoms with E-state index < -0.39 is 11.9 Å². The van der Waals surface area contributed by atoms with Gasteiger partial charge in [0.1, 0.15) is 0 Å². The van der Waals surface area contributed by atoms with E-state index in [0.717, 1.165) is 0 Å². The second-order valence-electron chi connectivity index (χ2n) is 4.35. The Morgan fingerprint density at radius 2 is 2.11 bits per heavy atom. The Balaban J connectivity index is 2.27. The van der Waals surface area contributed by atoms with Gasteiger partial charge < -0.3 is 10.0 Å². The first-order chi connectivity index (χ1) is 8.49. The summed E-state index contributed by atoms with van der Waals surface area (Å²) >= 11 is 0. The summed E-state index contributed by atoms with van der Waals surface area (Å²) in [6.07, 6.45) is 0.0135. The normalized spacial score (nSPS) is 19.1. The molecular formula is C13H13NO4. The highest BCUT2D eigenvalue weighted by molar-refractivity contribution is 6.01. The van der Waals surface area contributed by atoms with Crippen LogP contribution < -0.4 is 4.90 Å². The highest BCUT2D eigenvalue weighted by Crippen LogP contribution is 2.26. The topological polar surface area (TPSA) is 74.7 Å². The molecule has 0 spiro atoms. The van der Waals surface area contributed by atoms with Crippen molar-refractivity contribution in [2.75, 3.05) is 11.4 Å². The third-order valence-corrected chi connectivity index (χ3v) is 3.04. The lowest BCUT2D eigenvalue weighted by Gasteiger charge is -2.16. The van der Waals surface area contributed by atoms with Crippen molar-refractivity contribution in [1.29, 1.82) is 0 Å². The van der Waals surface area contributed by atoms with Gasteiger partial charge in [0.25, 0.3) is 0 Å². The molecule has 1 aliphatic rings. The van der Waals surface area contributed by atoms with Crippen LogP contribution in [0.5, 0.6) is 0 Å². The Bertz CT molecular complexity index is 523. The van der Waals surface area contributed by atoms with Gasteiger partial charge in [-0.1, -0.05) is 12.1 Å². The summed E-state index contributed by atoms with van der Waals surface area (Å²) in [5, 5.41) is 8.91. The molecule has 1 fully saturated rings. The number of carbonyl (C=O) groups is 3. The van der Waals surface area contributed by atoms with Crippen LogP contribution in [-0.2, 0) is 9.59 Å². The fourth-order valence-corrected chi connectivity index (χ4v) is 2.02. The predicted octanol–water partition coefficient (Wildman–Crippen LogP) is 1.33. The zero-order valence-electron chi connectivity index (χ0n) is 9.92. The maximum Gasteiger partial charge on any atom is 0.308 e. The van der Waals surface area contributed by atoms with Crippen LogP contribution in [0.15, 0.2) is 24.3 Å². The molecule has 1 aliphatic heterocycles. The molecule has 0 aliphatic carbocycles. The summed E-state index contributed by atoms with van der Waals surface area (Å²) in [5.41, 5.74) is 1.09. The summed E-state index contributed by atoms with van der Waals surface area (Å²) in [6, 6.07) is 6.67. The van der Waals surface area contributed by atoms with Crippen LogP contribution in [0.3, 0.4) is 0 Å². The average molecular weight is 247 g/mol. The third kappa shape index (κ3) is 2.25. The van der Waals surface area contributed by atoms with Crippen LogP contribution in [0.1, 0.15) is 23.7 Å². The van der Waals surface area contributed by atoms with E-state index >= 15 is 0 Å². The monoisotopic (exact) mass is 247 g/mol. The number of anilines is 1. The van der Waals surface area contributed by atoms with Gasteiger partial charge in [0.2, 0.25) is 5.91 Å². The molecule has 1 aromatic rings. The maximum absolute atomic E-state index is 11.7. The van der Waals surface area contributed by atoms with E-state index in [9.17, 15) is 14.4 Å². The van der Waals surface area contributed by atoms with E-state index in [-0.39, 0.29) is 24.7 Å². The molecule has 1 amide bonds. The number of hydrogen-bond donors (Lipinski definition) is 1. The molecule has 18 heavy (non-hydrogen) atoms. The number of Topliss-reactive ketones (excluding diaryl/α,β-unsaturated/α-hetero) is 1. The van der Waals surface area contributed by atoms with Crippen molar-refractivity contribution in [2.45, 2.75) is 13.3 Å². The summed E-state index contributed by atoms with van der Waals surface area (Å²) < 4.78 is 0. The first kappa shape index (κ1) is 12.3. The van der Waals surface area contributed by atoms with Gasteiger partial charge in [0.15, 0.2) is 5.78 Å². The number of carbonyl (C=O) groups excluding carboxylic acids is 2. The zero-order valence-corrected chi connectivity index (χ0v) is 9.92. The number of ketones is 1. The van der Waals surface area contributed by atoms with Crippen molar-refractivity contribution in [1.82, 2.24) is 0 Å². The number of aliphatic carboxylic acids is 1. The minimum atomic E-state index is -0.964. The molecule has 5 nitrogen and oxygen atoms in total. The van der Waals surface area contributed by atoms with Crippen LogP contribution in [0.2, 0.25) is 0 Å². The van der Waals surface area contributed by atoms with Crippen molar-refractivity contribution in [3.05, 3.63) is 29.8 Å². The quantitative estimate of drug-likeness (QED) is 0.817. The summed E-state index contributed by atoms with van der Waals surface area (Å²) in [6.45, 7) is 1.61. The highest BCUT2D eigenvalue weighted by atomic mass is 16.4. The van der Waals surface area contributed by atoms with E-state index in [1.165, 1.54) is 11.8 Å². The van der Waals surface area contributed by atoms with E-state index in [1.807, 2.05) is 0 Å². The number of hydrogen-bond acceptors (Lipinski definition) is 3. The van der Waals surface area contributed by atoms with Crippen molar-refractivity contribution in [3.8, 4) is 0 Å². The first-order valence-electron chi connectivity index (χ1n) is 5.63. The van der Waals surface area contributed by atoms with Crippen LogP contribution in [-0.4, -0.2) is 29.3 Å². The van der Waals surface area contributed by atoms with Crippen molar-refractivity contribution < 1.29 is 19.5 Å².